The summed E-state index contributed by atoms with van der Waals surface area (Å²) in [5, 5.41) is 0. The average molecular weight is 560 g/mol. The maximum Gasteiger partial charge on any atom is 0.257 e. The fraction of sp³-hybridized carbons (Fsp3) is 0.921. The number of imidazole rings is 1. The van der Waals surface area contributed by atoms with Crippen LogP contribution in [0.2, 0.25) is 0 Å². The van der Waals surface area contributed by atoms with Crippen LogP contribution >= 0.6 is 0 Å². The van der Waals surface area contributed by atoms with Crippen LogP contribution in [0.3, 0.4) is 0 Å². The number of nitrogens with one attached hydrogen (secondary N) is 1. The zero-order valence-electron chi connectivity index (χ0n) is 28.3. The number of hydrogen-bond acceptors (Lipinski definition) is 0. The van der Waals surface area contributed by atoms with Gasteiger partial charge >= 0.3 is 0 Å². The lowest BCUT2D eigenvalue weighted by Gasteiger charge is -2.15. The highest BCUT2D eigenvalue weighted by Crippen LogP contribution is 2.27. The quantitative estimate of drug-likeness (QED) is 0.0689. The molecule has 0 bridgehead atoms. The average Bonchev–Trinajstić information content (AvgIpc) is 3.45. The molecular weight excluding hydrogens is 484 g/mol. The predicted molar refractivity (Wildman–Crippen MR) is 179 cm³/mol. The van der Waals surface area contributed by atoms with Gasteiger partial charge in [-0.15, -0.1) is 0 Å². The third kappa shape index (κ3) is 21.0. The molecule has 0 fully saturated rings. The lowest BCUT2D eigenvalue weighted by Crippen LogP contribution is -2.39. The molecule has 1 N–H and O–H groups in total. The van der Waals surface area contributed by atoms with Crippen LogP contribution in [0.5, 0.6) is 0 Å². The molecule has 0 aliphatic rings. The number of aromatic nitrogens is 2. The fourth-order valence-corrected chi connectivity index (χ4v) is 6.55. The van der Waals surface area contributed by atoms with Crippen molar-refractivity contribution in [3.05, 3.63) is 18.2 Å². The van der Waals surface area contributed by atoms with Crippen LogP contribution in [0, 0.1) is 0 Å². The first kappa shape index (κ1) is 37.2. The molecule has 0 amide bonds. The SMILES string of the molecule is CCCCCCCCCCCCCCCCCC[C@H](CCCCCCCCCCCCC)c1[nH]cc[n+]1C(C)C. The third-order valence-electron chi connectivity index (χ3n) is 9.25. The maximum atomic E-state index is 3.64. The van der Waals surface area contributed by atoms with Crippen molar-refractivity contribution < 1.29 is 4.57 Å². The Kier molecular flexibility index (Phi) is 26.4. The van der Waals surface area contributed by atoms with Gasteiger partial charge in [-0.3, -0.25) is 0 Å². The Hall–Kier alpha value is -0.790. The number of hydrogen-bond donors (Lipinski definition) is 1. The van der Waals surface area contributed by atoms with Crippen molar-refractivity contribution >= 4 is 0 Å². The number of unbranched alkanes of at least 4 members (excludes halogenated alkanes) is 25. The number of rotatable bonds is 31. The topological polar surface area (TPSA) is 19.7 Å². The van der Waals surface area contributed by atoms with E-state index in [4.69, 9.17) is 0 Å². The molecule has 1 rings (SSSR count). The summed E-state index contributed by atoms with van der Waals surface area (Å²) in [5.41, 5.74) is 0. The Morgan fingerprint density at radius 2 is 0.775 bits per heavy atom. The zero-order chi connectivity index (χ0) is 28.9. The molecule has 0 radical (unpaired) electrons. The number of H-pyrrole nitrogens is 1. The monoisotopic (exact) mass is 560 g/mol. The van der Waals surface area contributed by atoms with E-state index in [9.17, 15) is 0 Å². The van der Waals surface area contributed by atoms with E-state index >= 15 is 0 Å². The Morgan fingerprint density at radius 3 is 1.07 bits per heavy atom. The Balaban J connectivity index is 2.11. The highest BCUT2D eigenvalue weighted by Gasteiger charge is 2.23. The number of aromatic amines is 1. The van der Waals surface area contributed by atoms with Crippen LogP contribution < -0.4 is 4.57 Å². The summed E-state index contributed by atoms with van der Waals surface area (Å²) < 4.78 is 2.50. The molecule has 0 aliphatic carbocycles. The minimum atomic E-state index is 0.548. The first-order valence-corrected chi connectivity index (χ1v) is 18.8. The van der Waals surface area contributed by atoms with Crippen molar-refractivity contribution in [3.63, 3.8) is 0 Å². The molecule has 0 unspecified atom stereocenters. The van der Waals surface area contributed by atoms with Crippen LogP contribution in [-0.2, 0) is 0 Å². The largest absolute Gasteiger partial charge is 0.257 e. The van der Waals surface area contributed by atoms with Crippen LogP contribution in [0.15, 0.2) is 12.4 Å². The molecule has 0 saturated carbocycles. The Labute approximate surface area is 253 Å². The molecule has 2 nitrogen and oxygen atoms in total. The summed E-state index contributed by atoms with van der Waals surface area (Å²) >= 11 is 0. The van der Waals surface area contributed by atoms with E-state index in [1.165, 1.54) is 192 Å². The van der Waals surface area contributed by atoms with Gasteiger partial charge in [0.15, 0.2) is 0 Å². The van der Waals surface area contributed by atoms with E-state index in [0.29, 0.717) is 12.0 Å². The van der Waals surface area contributed by atoms with Gasteiger partial charge in [-0.1, -0.05) is 187 Å². The van der Waals surface area contributed by atoms with Gasteiger partial charge in [0.05, 0.1) is 12.0 Å². The van der Waals surface area contributed by atoms with Gasteiger partial charge in [-0.2, -0.15) is 0 Å². The summed E-state index contributed by atoms with van der Waals surface area (Å²) in [6, 6.07) is 0.548. The summed E-state index contributed by atoms with van der Waals surface area (Å²) in [4.78, 5) is 3.64. The fourth-order valence-electron chi connectivity index (χ4n) is 6.55. The van der Waals surface area contributed by atoms with E-state index in [-0.39, 0.29) is 0 Å². The van der Waals surface area contributed by atoms with Crippen LogP contribution in [0.25, 0.3) is 0 Å². The van der Waals surface area contributed by atoms with E-state index in [1.54, 1.807) is 0 Å². The van der Waals surface area contributed by atoms with E-state index in [0.717, 1.165) is 0 Å². The molecule has 1 atom stereocenters. The molecule has 0 aliphatic heterocycles. The van der Waals surface area contributed by atoms with Gasteiger partial charge < -0.3 is 0 Å². The molecule has 0 spiro atoms. The molecule has 0 saturated heterocycles. The molecule has 40 heavy (non-hydrogen) atoms. The highest BCUT2D eigenvalue weighted by atomic mass is 15.1. The van der Waals surface area contributed by atoms with Crippen molar-refractivity contribution in [2.24, 2.45) is 0 Å². The minimum absolute atomic E-state index is 0.548. The smallest absolute Gasteiger partial charge is 0.247 e. The maximum absolute atomic E-state index is 3.64. The summed E-state index contributed by atoms with van der Waals surface area (Å²) in [5.74, 6) is 2.20. The van der Waals surface area contributed by atoms with E-state index < -0.39 is 0 Å². The van der Waals surface area contributed by atoms with Crippen LogP contribution in [-0.4, -0.2) is 4.98 Å². The van der Waals surface area contributed by atoms with Gasteiger partial charge in [-0.25, -0.2) is 9.55 Å². The van der Waals surface area contributed by atoms with Crippen molar-refractivity contribution in [1.29, 1.82) is 0 Å². The molecule has 2 heteroatoms. The lowest BCUT2D eigenvalue weighted by molar-refractivity contribution is -0.723. The van der Waals surface area contributed by atoms with Gasteiger partial charge in [0.2, 0.25) is 0 Å². The third-order valence-corrected chi connectivity index (χ3v) is 9.25. The van der Waals surface area contributed by atoms with Gasteiger partial charge in [0.1, 0.15) is 12.4 Å². The molecule has 1 aromatic rings. The minimum Gasteiger partial charge on any atom is -0.247 e. The molecule has 0 aromatic carbocycles. The lowest BCUT2D eigenvalue weighted by atomic mass is 9.93. The second-order valence-corrected chi connectivity index (χ2v) is 13.5. The summed E-state index contributed by atoms with van der Waals surface area (Å²) in [6.45, 7) is 9.27. The first-order chi connectivity index (χ1) is 19.7. The van der Waals surface area contributed by atoms with E-state index in [2.05, 4.69) is 49.6 Å². The molecule has 236 valence electrons. The first-order valence-electron chi connectivity index (χ1n) is 18.8. The molecule has 1 heterocycles. The van der Waals surface area contributed by atoms with Crippen LogP contribution in [0.4, 0.5) is 0 Å². The standard InChI is InChI=1S/C38H74N2/c1-5-7-9-11-13-15-17-18-19-20-21-23-25-27-29-31-33-37(38-39-34-35-40(38)36(3)4)32-30-28-26-24-22-16-14-12-10-8-6-2/h34-37H,5-33H2,1-4H3/p+1/t37-/m0/s1. The molecule has 1 aromatic heterocycles. The second kappa shape index (κ2) is 28.3. The van der Waals surface area contributed by atoms with Crippen molar-refractivity contribution in [1.82, 2.24) is 4.98 Å². The van der Waals surface area contributed by atoms with Gasteiger partial charge in [-0.05, 0) is 26.7 Å². The second-order valence-electron chi connectivity index (χ2n) is 13.5. The van der Waals surface area contributed by atoms with Gasteiger partial charge in [0.25, 0.3) is 5.82 Å². The van der Waals surface area contributed by atoms with Crippen molar-refractivity contribution in [2.75, 3.05) is 0 Å². The number of nitrogens with zero attached hydrogens (tertiary/aromatic N) is 1. The predicted octanol–water partition coefficient (Wildman–Crippen LogP) is 13.3. The summed E-state index contributed by atoms with van der Waals surface area (Å²) in [7, 11) is 0. The summed E-state index contributed by atoms with van der Waals surface area (Å²) in [6.07, 6.45) is 46.2. The Morgan fingerprint density at radius 1 is 0.475 bits per heavy atom. The molecular formula is C38H75N2+. The van der Waals surface area contributed by atoms with Crippen molar-refractivity contribution in [2.45, 2.75) is 226 Å². The van der Waals surface area contributed by atoms with Gasteiger partial charge in [0, 0.05) is 0 Å². The van der Waals surface area contributed by atoms with Crippen LogP contribution in [0.1, 0.15) is 232 Å². The highest BCUT2D eigenvalue weighted by molar-refractivity contribution is 4.90. The normalized spacial score (nSPS) is 12.5. The zero-order valence-corrected chi connectivity index (χ0v) is 28.3. The van der Waals surface area contributed by atoms with Crippen molar-refractivity contribution in [3.8, 4) is 0 Å². The Bertz CT molecular complexity index is 619. The van der Waals surface area contributed by atoms with E-state index in [1.807, 2.05) is 0 Å².